The number of aromatic hydroxyl groups is 1. The maximum Gasteiger partial charge on any atom is 0.115 e. The summed E-state index contributed by atoms with van der Waals surface area (Å²) in [6.45, 7) is 1.94. The molecule has 0 fully saturated rings. The van der Waals surface area contributed by atoms with Gasteiger partial charge in [0.25, 0.3) is 0 Å². The summed E-state index contributed by atoms with van der Waals surface area (Å²) in [5.74, 6) is 0.132. The number of hydrogen-bond acceptors (Lipinski definition) is 3. The Morgan fingerprint density at radius 2 is 1.88 bits per heavy atom. The number of hydrogen-bond donors (Lipinski definition) is 3. The minimum absolute atomic E-state index is 0.132. The first kappa shape index (κ1) is 11.5. The lowest BCUT2D eigenvalue weighted by Crippen LogP contribution is -2.04. The second kappa shape index (κ2) is 4.47. The van der Waals surface area contributed by atoms with E-state index in [0.29, 0.717) is 16.8 Å². The molecule has 0 aliphatic carbocycles. The van der Waals surface area contributed by atoms with E-state index in [1.54, 1.807) is 24.3 Å². The number of anilines is 1. The molecule has 0 saturated carbocycles. The Kier molecular flexibility index (Phi) is 3.02. The standard InChI is InChI=1S/C14H15NO2/c1-9-5-6-13(15)12(7-9)14(17)10-3-2-4-11(16)8-10/h2-8,14,16-17H,15H2,1H3. The van der Waals surface area contributed by atoms with E-state index in [9.17, 15) is 10.2 Å². The van der Waals surface area contributed by atoms with Crippen LogP contribution >= 0.6 is 0 Å². The molecule has 2 rings (SSSR count). The maximum atomic E-state index is 10.2. The summed E-state index contributed by atoms with van der Waals surface area (Å²) < 4.78 is 0. The van der Waals surface area contributed by atoms with Crippen LogP contribution in [0.3, 0.4) is 0 Å². The summed E-state index contributed by atoms with van der Waals surface area (Å²) in [5, 5.41) is 19.6. The Hall–Kier alpha value is -2.00. The smallest absolute Gasteiger partial charge is 0.115 e. The van der Waals surface area contributed by atoms with Crippen molar-refractivity contribution in [2.24, 2.45) is 0 Å². The number of nitrogen functional groups attached to an aromatic ring is 1. The summed E-state index contributed by atoms with van der Waals surface area (Å²) >= 11 is 0. The van der Waals surface area contributed by atoms with Crippen LogP contribution in [0, 0.1) is 6.92 Å². The highest BCUT2D eigenvalue weighted by Gasteiger charge is 2.13. The normalized spacial score (nSPS) is 12.4. The Balaban J connectivity index is 2.43. The van der Waals surface area contributed by atoms with Crippen LogP contribution in [0.4, 0.5) is 5.69 Å². The summed E-state index contributed by atoms with van der Waals surface area (Å²) in [6.07, 6.45) is -0.818. The molecular formula is C14H15NO2. The summed E-state index contributed by atoms with van der Waals surface area (Å²) in [5.41, 5.74) is 8.72. The number of benzene rings is 2. The molecule has 0 spiro atoms. The van der Waals surface area contributed by atoms with Gasteiger partial charge in [-0.1, -0.05) is 29.8 Å². The van der Waals surface area contributed by atoms with Gasteiger partial charge in [-0.2, -0.15) is 0 Å². The van der Waals surface area contributed by atoms with Crippen molar-refractivity contribution in [1.82, 2.24) is 0 Å². The Bertz CT molecular complexity index is 537. The van der Waals surface area contributed by atoms with E-state index >= 15 is 0 Å². The largest absolute Gasteiger partial charge is 0.508 e. The number of aliphatic hydroxyl groups is 1. The zero-order valence-electron chi connectivity index (χ0n) is 9.59. The van der Waals surface area contributed by atoms with E-state index < -0.39 is 6.10 Å². The molecular weight excluding hydrogens is 214 g/mol. The Morgan fingerprint density at radius 1 is 1.12 bits per heavy atom. The van der Waals surface area contributed by atoms with E-state index in [2.05, 4.69) is 0 Å². The van der Waals surface area contributed by atoms with Crippen molar-refractivity contribution in [3.05, 3.63) is 59.2 Å². The molecule has 88 valence electrons. The zero-order chi connectivity index (χ0) is 12.4. The topological polar surface area (TPSA) is 66.5 Å². The maximum absolute atomic E-state index is 10.2. The minimum atomic E-state index is -0.818. The predicted molar refractivity (Wildman–Crippen MR) is 67.8 cm³/mol. The predicted octanol–water partition coefficient (Wildman–Crippen LogP) is 2.36. The van der Waals surface area contributed by atoms with Crippen molar-refractivity contribution in [3.63, 3.8) is 0 Å². The van der Waals surface area contributed by atoms with E-state index in [4.69, 9.17) is 5.73 Å². The number of phenols is 1. The highest BCUT2D eigenvalue weighted by Crippen LogP contribution is 2.28. The van der Waals surface area contributed by atoms with Gasteiger partial charge in [0.15, 0.2) is 0 Å². The van der Waals surface area contributed by atoms with Crippen LogP contribution in [-0.2, 0) is 0 Å². The molecule has 3 nitrogen and oxygen atoms in total. The number of rotatable bonds is 2. The van der Waals surface area contributed by atoms with Crippen molar-refractivity contribution in [3.8, 4) is 5.75 Å². The molecule has 0 amide bonds. The van der Waals surface area contributed by atoms with Crippen LogP contribution in [0.25, 0.3) is 0 Å². The lowest BCUT2D eigenvalue weighted by Gasteiger charge is -2.14. The van der Waals surface area contributed by atoms with Gasteiger partial charge < -0.3 is 15.9 Å². The second-order valence-electron chi connectivity index (χ2n) is 4.13. The lowest BCUT2D eigenvalue weighted by atomic mass is 9.98. The highest BCUT2D eigenvalue weighted by atomic mass is 16.3. The Morgan fingerprint density at radius 3 is 2.59 bits per heavy atom. The van der Waals surface area contributed by atoms with Crippen LogP contribution in [0.1, 0.15) is 22.8 Å². The number of nitrogens with two attached hydrogens (primary N) is 1. The zero-order valence-corrected chi connectivity index (χ0v) is 9.59. The first-order valence-electron chi connectivity index (χ1n) is 5.41. The average Bonchev–Trinajstić information content (AvgIpc) is 2.31. The molecule has 0 aliphatic heterocycles. The molecule has 0 aromatic heterocycles. The van der Waals surface area contributed by atoms with Crippen molar-refractivity contribution in [2.45, 2.75) is 13.0 Å². The SMILES string of the molecule is Cc1ccc(N)c(C(O)c2cccc(O)c2)c1. The first-order valence-corrected chi connectivity index (χ1v) is 5.41. The number of aryl methyl sites for hydroxylation is 1. The summed E-state index contributed by atoms with van der Waals surface area (Å²) in [4.78, 5) is 0. The quantitative estimate of drug-likeness (QED) is 0.692. The summed E-state index contributed by atoms with van der Waals surface area (Å²) in [6, 6.07) is 12.1. The molecule has 17 heavy (non-hydrogen) atoms. The van der Waals surface area contributed by atoms with Crippen LogP contribution in [0.15, 0.2) is 42.5 Å². The van der Waals surface area contributed by atoms with Gasteiger partial charge in [0.1, 0.15) is 11.9 Å². The molecule has 2 aromatic carbocycles. The van der Waals surface area contributed by atoms with Gasteiger partial charge in [0.2, 0.25) is 0 Å². The first-order chi connectivity index (χ1) is 8.08. The fourth-order valence-corrected chi connectivity index (χ4v) is 1.81. The molecule has 2 aromatic rings. The molecule has 3 heteroatoms. The van der Waals surface area contributed by atoms with Gasteiger partial charge in [0.05, 0.1) is 0 Å². The third-order valence-electron chi connectivity index (χ3n) is 2.72. The highest BCUT2D eigenvalue weighted by molar-refractivity contribution is 5.52. The van der Waals surface area contributed by atoms with Gasteiger partial charge in [0, 0.05) is 11.3 Å². The Labute approximate surface area is 100 Å². The summed E-state index contributed by atoms with van der Waals surface area (Å²) in [7, 11) is 0. The lowest BCUT2D eigenvalue weighted by molar-refractivity contribution is 0.220. The third-order valence-corrected chi connectivity index (χ3v) is 2.72. The molecule has 1 atom stereocenters. The van der Waals surface area contributed by atoms with Gasteiger partial charge in [-0.3, -0.25) is 0 Å². The van der Waals surface area contributed by atoms with Crippen molar-refractivity contribution in [1.29, 1.82) is 0 Å². The molecule has 0 radical (unpaired) electrons. The van der Waals surface area contributed by atoms with Crippen LogP contribution in [0.5, 0.6) is 5.75 Å². The van der Waals surface area contributed by atoms with E-state index in [0.717, 1.165) is 5.56 Å². The van der Waals surface area contributed by atoms with Crippen molar-refractivity contribution in [2.75, 3.05) is 5.73 Å². The van der Waals surface area contributed by atoms with Gasteiger partial charge in [-0.25, -0.2) is 0 Å². The number of phenolic OH excluding ortho intramolecular Hbond substituents is 1. The van der Waals surface area contributed by atoms with Crippen LogP contribution in [-0.4, -0.2) is 10.2 Å². The van der Waals surface area contributed by atoms with E-state index in [-0.39, 0.29) is 5.75 Å². The fraction of sp³-hybridized carbons (Fsp3) is 0.143. The van der Waals surface area contributed by atoms with E-state index in [1.165, 1.54) is 6.07 Å². The van der Waals surface area contributed by atoms with Gasteiger partial charge in [-0.05, 0) is 30.7 Å². The van der Waals surface area contributed by atoms with Gasteiger partial charge in [-0.15, -0.1) is 0 Å². The molecule has 0 saturated heterocycles. The molecule has 0 bridgehead atoms. The molecule has 0 aliphatic rings. The fourth-order valence-electron chi connectivity index (χ4n) is 1.81. The second-order valence-corrected chi connectivity index (χ2v) is 4.13. The number of aliphatic hydroxyl groups excluding tert-OH is 1. The van der Waals surface area contributed by atoms with Crippen LogP contribution < -0.4 is 5.73 Å². The molecule has 1 unspecified atom stereocenters. The molecule has 4 N–H and O–H groups in total. The van der Waals surface area contributed by atoms with Crippen molar-refractivity contribution < 1.29 is 10.2 Å². The van der Waals surface area contributed by atoms with Crippen molar-refractivity contribution >= 4 is 5.69 Å². The third kappa shape index (κ3) is 2.40. The van der Waals surface area contributed by atoms with Crippen LogP contribution in [0.2, 0.25) is 0 Å². The minimum Gasteiger partial charge on any atom is -0.508 e. The average molecular weight is 229 g/mol. The van der Waals surface area contributed by atoms with E-state index in [1.807, 2.05) is 19.1 Å². The molecule has 0 heterocycles. The monoisotopic (exact) mass is 229 g/mol. The van der Waals surface area contributed by atoms with Gasteiger partial charge >= 0.3 is 0 Å².